The molecule has 3 nitrogen and oxygen atoms in total. The third kappa shape index (κ3) is 1.28. The second-order valence-electron chi connectivity index (χ2n) is 3.18. The monoisotopic (exact) mass is 208 g/mol. The summed E-state index contributed by atoms with van der Waals surface area (Å²) in [5.74, 6) is -0.229. The Morgan fingerprint density at radius 1 is 1.29 bits per heavy atom. The number of nitrogens with zero attached hydrogens (tertiary/aromatic N) is 1. The summed E-state index contributed by atoms with van der Waals surface area (Å²) in [7, 11) is 1.81. The van der Waals surface area contributed by atoms with Gasteiger partial charge >= 0.3 is 0 Å². The number of pyridine rings is 1. The molecule has 0 bridgehead atoms. The molecule has 0 fully saturated rings. The van der Waals surface area contributed by atoms with Gasteiger partial charge in [-0.25, -0.2) is 0 Å². The third-order valence-corrected chi connectivity index (χ3v) is 2.45. The molecule has 1 heterocycles. The van der Waals surface area contributed by atoms with Crippen molar-refractivity contribution < 1.29 is 14.8 Å². The van der Waals surface area contributed by atoms with Crippen molar-refractivity contribution in [2.75, 3.05) is 0 Å². The molecule has 1 aromatic heterocycles. The highest BCUT2D eigenvalue weighted by Gasteiger charge is 2.14. The van der Waals surface area contributed by atoms with Crippen molar-refractivity contribution >= 4 is 23.5 Å². The lowest BCUT2D eigenvalue weighted by Gasteiger charge is -2.02. The molecule has 4 heteroatoms. The fourth-order valence-electron chi connectivity index (χ4n) is 1.47. The molecule has 2 N–H and O–H groups in total. The Kier molecular flexibility index (Phi) is 2.00. The first-order chi connectivity index (χ1) is 6.59. The van der Waals surface area contributed by atoms with Gasteiger partial charge in [-0.15, -0.1) is 12.6 Å². The Hall–Kier alpha value is -1.42. The molecule has 0 radical (unpaired) electrons. The van der Waals surface area contributed by atoms with E-state index in [0.717, 1.165) is 10.4 Å². The topological polar surface area (TPSA) is 44.3 Å². The fourth-order valence-corrected chi connectivity index (χ4v) is 1.68. The van der Waals surface area contributed by atoms with Crippen molar-refractivity contribution in [3.63, 3.8) is 0 Å². The van der Waals surface area contributed by atoms with Crippen molar-refractivity contribution in [3.05, 3.63) is 24.4 Å². The van der Waals surface area contributed by atoms with E-state index in [1.165, 1.54) is 6.20 Å². The van der Waals surface area contributed by atoms with E-state index in [4.69, 9.17) is 0 Å². The number of aryl methyl sites for hydroxylation is 1. The molecule has 0 aliphatic carbocycles. The summed E-state index contributed by atoms with van der Waals surface area (Å²) >= 11 is 4.17. The predicted octanol–water partition coefficient (Wildman–Crippen LogP) is 1.36. The maximum atomic E-state index is 9.61. The van der Waals surface area contributed by atoms with E-state index in [0.29, 0.717) is 5.39 Å². The van der Waals surface area contributed by atoms with Crippen molar-refractivity contribution in [2.45, 2.75) is 4.90 Å². The van der Waals surface area contributed by atoms with Crippen molar-refractivity contribution in [3.8, 4) is 11.5 Å². The number of hydrogen-bond donors (Lipinski definition) is 3. The summed E-state index contributed by atoms with van der Waals surface area (Å²) in [5.41, 5.74) is 0.845. The predicted molar refractivity (Wildman–Crippen MR) is 55.7 cm³/mol. The van der Waals surface area contributed by atoms with Crippen molar-refractivity contribution in [1.29, 1.82) is 0 Å². The first-order valence-corrected chi connectivity index (χ1v) is 4.57. The lowest BCUT2D eigenvalue weighted by Crippen LogP contribution is -2.27. The van der Waals surface area contributed by atoms with Crippen LogP contribution in [0.1, 0.15) is 0 Å². The molecule has 0 aliphatic rings. The number of rotatable bonds is 0. The minimum atomic E-state index is -0.126. The molecular weight excluding hydrogens is 198 g/mol. The van der Waals surface area contributed by atoms with Gasteiger partial charge in [-0.05, 0) is 12.1 Å². The molecule has 0 aliphatic heterocycles. The van der Waals surface area contributed by atoms with Gasteiger partial charge in [-0.1, -0.05) is 0 Å². The van der Waals surface area contributed by atoms with Gasteiger partial charge in [0.25, 0.3) is 0 Å². The van der Waals surface area contributed by atoms with E-state index >= 15 is 0 Å². The molecule has 2 rings (SSSR count). The van der Waals surface area contributed by atoms with Crippen LogP contribution >= 0.6 is 12.6 Å². The first-order valence-electron chi connectivity index (χ1n) is 4.13. The molecule has 14 heavy (non-hydrogen) atoms. The van der Waals surface area contributed by atoms with E-state index in [1.807, 2.05) is 12.1 Å². The number of thiol groups is 1. The van der Waals surface area contributed by atoms with Gasteiger partial charge in [0, 0.05) is 11.0 Å². The summed E-state index contributed by atoms with van der Waals surface area (Å²) < 4.78 is 1.75. The van der Waals surface area contributed by atoms with Crippen LogP contribution in [0.5, 0.6) is 11.5 Å². The quantitative estimate of drug-likeness (QED) is 0.452. The van der Waals surface area contributed by atoms with Gasteiger partial charge in [0.1, 0.15) is 7.05 Å². The molecule has 0 atom stereocenters. The zero-order chi connectivity index (χ0) is 10.3. The molecule has 2 aromatic rings. The van der Waals surface area contributed by atoms with Crippen LogP contribution in [-0.4, -0.2) is 10.2 Å². The second-order valence-corrected chi connectivity index (χ2v) is 3.69. The average Bonchev–Trinajstić information content (AvgIpc) is 2.14. The number of aromatic nitrogens is 1. The molecule has 72 valence electrons. The number of benzene rings is 1. The van der Waals surface area contributed by atoms with Gasteiger partial charge in [0.2, 0.25) is 17.5 Å². The standard InChI is InChI=1S/C10H9NO2S/c1-11-5-9(12)10(13)7-4-6(14)2-3-8(7)11/h2-5,12,14H,1H3/p+1. The maximum Gasteiger partial charge on any atom is 0.223 e. The van der Waals surface area contributed by atoms with Crippen LogP contribution < -0.4 is 4.57 Å². The molecule has 0 spiro atoms. The van der Waals surface area contributed by atoms with Gasteiger partial charge in [-0.3, -0.25) is 0 Å². The Balaban J connectivity index is 2.95. The summed E-state index contributed by atoms with van der Waals surface area (Å²) in [5, 5.41) is 19.6. The highest BCUT2D eigenvalue weighted by atomic mass is 32.1. The van der Waals surface area contributed by atoms with Crippen LogP contribution in [0, 0.1) is 0 Å². The van der Waals surface area contributed by atoms with Gasteiger partial charge in [0.05, 0.1) is 5.39 Å². The summed E-state index contributed by atoms with van der Waals surface area (Å²) in [6, 6.07) is 5.40. The summed E-state index contributed by atoms with van der Waals surface area (Å²) in [6.07, 6.45) is 1.47. The van der Waals surface area contributed by atoms with E-state index in [-0.39, 0.29) is 11.5 Å². The summed E-state index contributed by atoms with van der Waals surface area (Å²) in [4.78, 5) is 0.749. The Labute approximate surface area is 86.7 Å². The lowest BCUT2D eigenvalue weighted by molar-refractivity contribution is -0.645. The van der Waals surface area contributed by atoms with Crippen LogP contribution in [0.3, 0.4) is 0 Å². The van der Waals surface area contributed by atoms with E-state index in [2.05, 4.69) is 12.6 Å². The molecule has 0 unspecified atom stereocenters. The van der Waals surface area contributed by atoms with E-state index < -0.39 is 0 Å². The highest BCUT2D eigenvalue weighted by Crippen LogP contribution is 2.31. The molecule has 0 saturated heterocycles. The van der Waals surface area contributed by atoms with Crippen LogP contribution in [0.15, 0.2) is 29.3 Å². The smallest absolute Gasteiger partial charge is 0.223 e. The molecule has 1 aromatic carbocycles. The van der Waals surface area contributed by atoms with E-state index in [1.54, 1.807) is 17.7 Å². The van der Waals surface area contributed by atoms with E-state index in [9.17, 15) is 10.2 Å². The third-order valence-electron chi connectivity index (χ3n) is 2.17. The average molecular weight is 208 g/mol. The van der Waals surface area contributed by atoms with Crippen LogP contribution in [0.25, 0.3) is 10.9 Å². The van der Waals surface area contributed by atoms with Gasteiger partial charge < -0.3 is 10.2 Å². The molecular formula is C10H10NO2S+. The van der Waals surface area contributed by atoms with Crippen LogP contribution in [0.2, 0.25) is 0 Å². The Morgan fingerprint density at radius 2 is 2.00 bits per heavy atom. The normalized spacial score (nSPS) is 10.7. The molecule has 0 amide bonds. The second kappa shape index (κ2) is 3.06. The van der Waals surface area contributed by atoms with Crippen LogP contribution in [-0.2, 0) is 7.05 Å². The zero-order valence-electron chi connectivity index (χ0n) is 7.60. The minimum absolute atomic E-state index is 0.103. The van der Waals surface area contributed by atoms with Crippen molar-refractivity contribution in [2.24, 2.45) is 7.05 Å². The van der Waals surface area contributed by atoms with Crippen molar-refractivity contribution in [1.82, 2.24) is 0 Å². The minimum Gasteiger partial charge on any atom is -0.504 e. The number of fused-ring (bicyclic) bond motifs is 1. The summed E-state index contributed by atoms with van der Waals surface area (Å²) in [6.45, 7) is 0. The highest BCUT2D eigenvalue weighted by molar-refractivity contribution is 7.80. The maximum absolute atomic E-state index is 9.61. The zero-order valence-corrected chi connectivity index (χ0v) is 8.49. The SMILES string of the molecule is C[n+]1cc(O)c(O)c2cc(S)ccc21. The fraction of sp³-hybridized carbons (Fsp3) is 0.100. The molecule has 0 saturated carbocycles. The Bertz CT molecular complexity index is 511. The lowest BCUT2D eigenvalue weighted by atomic mass is 10.2. The van der Waals surface area contributed by atoms with Gasteiger partial charge in [0.15, 0.2) is 5.75 Å². The van der Waals surface area contributed by atoms with Gasteiger partial charge in [-0.2, -0.15) is 4.57 Å². The van der Waals surface area contributed by atoms with Crippen LogP contribution in [0.4, 0.5) is 0 Å². The number of aromatic hydroxyl groups is 2. The first kappa shape index (κ1) is 9.15. The number of hydrogen-bond acceptors (Lipinski definition) is 3. The largest absolute Gasteiger partial charge is 0.504 e. The Morgan fingerprint density at radius 3 is 2.71 bits per heavy atom.